The first-order chi connectivity index (χ1) is 8.20. The number of hydrogen-bond acceptors (Lipinski definition) is 4. The van der Waals surface area contributed by atoms with Gasteiger partial charge >= 0.3 is 0 Å². The van der Waals surface area contributed by atoms with Crippen LogP contribution in [0.5, 0.6) is 0 Å². The molecule has 0 saturated heterocycles. The van der Waals surface area contributed by atoms with Gasteiger partial charge in [-0.05, 0) is 41.1 Å². The Bertz CT molecular complexity index is 545. The second-order valence-corrected chi connectivity index (χ2v) is 5.32. The van der Waals surface area contributed by atoms with Gasteiger partial charge < -0.3 is 5.32 Å². The predicted molar refractivity (Wildman–Crippen MR) is 73.0 cm³/mol. The maximum Gasteiger partial charge on any atom is 0.115 e. The van der Waals surface area contributed by atoms with Gasteiger partial charge in [0, 0.05) is 21.7 Å². The van der Waals surface area contributed by atoms with Crippen LogP contribution < -0.4 is 5.32 Å². The van der Waals surface area contributed by atoms with Crippen molar-refractivity contribution in [1.29, 1.82) is 5.26 Å². The van der Waals surface area contributed by atoms with Crippen LogP contribution in [0.4, 0.5) is 5.69 Å². The van der Waals surface area contributed by atoms with Crippen LogP contribution in [-0.2, 0) is 0 Å². The molecule has 3 nitrogen and oxygen atoms in total. The molecule has 86 valence electrons. The fourth-order valence-electron chi connectivity index (χ4n) is 1.46. The second-order valence-electron chi connectivity index (χ2n) is 3.54. The molecule has 0 radical (unpaired) electrons. The summed E-state index contributed by atoms with van der Waals surface area (Å²) >= 11 is 4.99. The van der Waals surface area contributed by atoms with Gasteiger partial charge in [0.1, 0.15) is 11.1 Å². The molecule has 0 aliphatic heterocycles. The minimum Gasteiger partial charge on any atom is -0.376 e. The molecule has 0 saturated carbocycles. The predicted octanol–water partition coefficient (Wildman–Crippen LogP) is 3.95. The number of nitriles is 1. The average molecular weight is 308 g/mol. The summed E-state index contributed by atoms with van der Waals surface area (Å²) < 4.78 is 0.802. The van der Waals surface area contributed by atoms with Gasteiger partial charge in [0.05, 0.1) is 11.6 Å². The highest BCUT2D eigenvalue weighted by atomic mass is 79.9. The van der Waals surface area contributed by atoms with Crippen LogP contribution in [0.2, 0.25) is 0 Å². The summed E-state index contributed by atoms with van der Waals surface area (Å²) in [6, 6.07) is 7.87. The number of nitrogens with one attached hydrogen (secondary N) is 1. The summed E-state index contributed by atoms with van der Waals surface area (Å²) in [6.45, 7) is 2.06. The van der Waals surface area contributed by atoms with Crippen molar-refractivity contribution >= 4 is 33.0 Å². The Morgan fingerprint density at radius 2 is 2.35 bits per heavy atom. The Morgan fingerprint density at radius 1 is 1.53 bits per heavy atom. The molecule has 0 fully saturated rings. The number of thiazole rings is 1. The summed E-state index contributed by atoms with van der Waals surface area (Å²) in [6.07, 6.45) is 1.80. The van der Waals surface area contributed by atoms with E-state index in [1.807, 2.05) is 17.5 Å². The molecule has 0 amide bonds. The fourth-order valence-corrected chi connectivity index (χ4v) is 2.57. The SMILES string of the molecule is CC(Nc1ccc(C#N)c(Br)c1)c1nccs1. The van der Waals surface area contributed by atoms with E-state index in [1.54, 1.807) is 23.6 Å². The minimum absolute atomic E-state index is 0.162. The van der Waals surface area contributed by atoms with Crippen LogP contribution in [0, 0.1) is 11.3 Å². The van der Waals surface area contributed by atoms with Crippen LogP contribution in [-0.4, -0.2) is 4.98 Å². The maximum atomic E-state index is 8.83. The molecular formula is C12H10BrN3S. The zero-order valence-corrected chi connectivity index (χ0v) is 11.5. The van der Waals surface area contributed by atoms with Crippen molar-refractivity contribution in [2.45, 2.75) is 13.0 Å². The number of rotatable bonds is 3. The molecular weight excluding hydrogens is 298 g/mol. The Labute approximate surface area is 112 Å². The first kappa shape index (κ1) is 12.1. The molecule has 0 aliphatic carbocycles. The number of halogens is 1. The highest BCUT2D eigenvalue weighted by Gasteiger charge is 2.08. The molecule has 0 aliphatic rings. The molecule has 2 aromatic rings. The van der Waals surface area contributed by atoms with Gasteiger partial charge in [-0.1, -0.05) is 0 Å². The summed E-state index contributed by atoms with van der Waals surface area (Å²) in [5.41, 5.74) is 1.61. The van der Waals surface area contributed by atoms with Crippen molar-refractivity contribution in [1.82, 2.24) is 4.98 Å². The molecule has 2 rings (SSSR count). The molecule has 0 spiro atoms. The van der Waals surface area contributed by atoms with E-state index in [0.29, 0.717) is 5.56 Å². The average Bonchev–Trinajstić information content (AvgIpc) is 2.82. The van der Waals surface area contributed by atoms with Gasteiger partial charge in [-0.15, -0.1) is 11.3 Å². The van der Waals surface area contributed by atoms with Gasteiger partial charge in [-0.2, -0.15) is 5.26 Å². The van der Waals surface area contributed by atoms with Crippen molar-refractivity contribution in [3.05, 3.63) is 44.8 Å². The monoisotopic (exact) mass is 307 g/mol. The van der Waals surface area contributed by atoms with E-state index in [9.17, 15) is 0 Å². The van der Waals surface area contributed by atoms with E-state index in [4.69, 9.17) is 5.26 Å². The quantitative estimate of drug-likeness (QED) is 0.934. The zero-order valence-electron chi connectivity index (χ0n) is 9.14. The lowest BCUT2D eigenvalue weighted by molar-refractivity contribution is 0.869. The lowest BCUT2D eigenvalue weighted by Gasteiger charge is -2.13. The molecule has 5 heteroatoms. The minimum atomic E-state index is 0.162. The van der Waals surface area contributed by atoms with Gasteiger partial charge in [0.25, 0.3) is 0 Å². The van der Waals surface area contributed by atoms with E-state index >= 15 is 0 Å². The topological polar surface area (TPSA) is 48.7 Å². The largest absolute Gasteiger partial charge is 0.376 e. The van der Waals surface area contributed by atoms with E-state index in [-0.39, 0.29) is 6.04 Å². The summed E-state index contributed by atoms with van der Waals surface area (Å²) in [5.74, 6) is 0. The van der Waals surface area contributed by atoms with Crippen molar-refractivity contribution in [3.8, 4) is 6.07 Å². The highest BCUT2D eigenvalue weighted by molar-refractivity contribution is 9.10. The van der Waals surface area contributed by atoms with Crippen molar-refractivity contribution in [3.63, 3.8) is 0 Å². The van der Waals surface area contributed by atoms with Crippen molar-refractivity contribution < 1.29 is 0 Å². The molecule has 1 atom stereocenters. The van der Waals surface area contributed by atoms with Crippen molar-refractivity contribution in [2.24, 2.45) is 0 Å². The third kappa shape index (κ3) is 2.84. The van der Waals surface area contributed by atoms with Crippen LogP contribution in [0.25, 0.3) is 0 Å². The number of aromatic nitrogens is 1. The lowest BCUT2D eigenvalue weighted by Crippen LogP contribution is -2.06. The van der Waals surface area contributed by atoms with Crippen LogP contribution in [0.1, 0.15) is 23.5 Å². The first-order valence-corrected chi connectivity index (χ1v) is 6.73. The number of benzene rings is 1. The van der Waals surface area contributed by atoms with Gasteiger partial charge in [-0.3, -0.25) is 0 Å². The molecule has 0 bridgehead atoms. The molecule has 1 N–H and O–H groups in total. The number of nitrogens with zero attached hydrogens (tertiary/aromatic N) is 2. The molecule has 1 aromatic carbocycles. The Balaban J connectivity index is 2.15. The van der Waals surface area contributed by atoms with Gasteiger partial charge in [0.15, 0.2) is 0 Å². The van der Waals surface area contributed by atoms with Gasteiger partial charge in [-0.25, -0.2) is 4.98 Å². The normalized spacial score (nSPS) is 11.8. The number of hydrogen-bond donors (Lipinski definition) is 1. The smallest absolute Gasteiger partial charge is 0.115 e. The third-order valence-electron chi connectivity index (χ3n) is 2.29. The van der Waals surface area contributed by atoms with Crippen LogP contribution in [0.3, 0.4) is 0 Å². The van der Waals surface area contributed by atoms with Gasteiger partial charge in [0.2, 0.25) is 0 Å². The van der Waals surface area contributed by atoms with E-state index in [0.717, 1.165) is 15.2 Å². The summed E-state index contributed by atoms with van der Waals surface area (Å²) in [7, 11) is 0. The molecule has 1 heterocycles. The fraction of sp³-hybridized carbons (Fsp3) is 0.167. The highest BCUT2D eigenvalue weighted by Crippen LogP contribution is 2.25. The lowest BCUT2D eigenvalue weighted by atomic mass is 10.2. The van der Waals surface area contributed by atoms with E-state index in [2.05, 4.69) is 39.2 Å². The standard InChI is InChI=1S/C12H10BrN3S/c1-8(12-15-4-5-17-12)16-10-3-2-9(7-14)11(13)6-10/h2-6,8,16H,1H3. The van der Waals surface area contributed by atoms with E-state index < -0.39 is 0 Å². The Morgan fingerprint density at radius 3 is 2.94 bits per heavy atom. The first-order valence-electron chi connectivity index (χ1n) is 5.06. The zero-order chi connectivity index (χ0) is 12.3. The summed E-state index contributed by atoms with van der Waals surface area (Å²) in [5, 5.41) is 15.2. The Hall–Kier alpha value is -1.38. The second kappa shape index (κ2) is 5.30. The number of anilines is 1. The molecule has 17 heavy (non-hydrogen) atoms. The Kier molecular flexibility index (Phi) is 3.77. The van der Waals surface area contributed by atoms with E-state index in [1.165, 1.54) is 0 Å². The summed E-state index contributed by atoms with van der Waals surface area (Å²) in [4.78, 5) is 4.26. The van der Waals surface area contributed by atoms with Crippen LogP contribution >= 0.6 is 27.3 Å². The third-order valence-corrected chi connectivity index (χ3v) is 3.91. The molecule has 1 unspecified atom stereocenters. The van der Waals surface area contributed by atoms with Crippen molar-refractivity contribution in [2.75, 3.05) is 5.32 Å². The maximum absolute atomic E-state index is 8.83. The van der Waals surface area contributed by atoms with Crippen LogP contribution in [0.15, 0.2) is 34.2 Å². The molecule has 1 aromatic heterocycles.